The van der Waals surface area contributed by atoms with Crippen LogP contribution in [0.3, 0.4) is 0 Å². The fraction of sp³-hybridized carbons (Fsp3) is 0.579. The standard InChI is InChI=1S/C19H26O4/c1-2-3-12-16(15-10-6-4-7-11-15)23-18(22)19(17(20)21)13-8-5-9-14-19/h4,6-7,10-11,16H,2-3,5,8-9,12-14H2,1H3,(H,20,21). The first kappa shape index (κ1) is 17.5. The number of benzene rings is 1. The molecular formula is C19H26O4. The molecule has 1 fully saturated rings. The molecule has 1 aromatic carbocycles. The molecule has 23 heavy (non-hydrogen) atoms. The minimum absolute atomic E-state index is 0.359. The Labute approximate surface area is 137 Å². The van der Waals surface area contributed by atoms with E-state index < -0.39 is 17.4 Å². The third-order valence-corrected chi connectivity index (χ3v) is 4.75. The number of carboxylic acids is 1. The van der Waals surface area contributed by atoms with Crippen molar-refractivity contribution in [2.24, 2.45) is 5.41 Å². The molecule has 1 aliphatic carbocycles. The Morgan fingerprint density at radius 3 is 2.39 bits per heavy atom. The molecule has 1 aromatic rings. The molecule has 0 radical (unpaired) electrons. The number of ether oxygens (including phenoxy) is 1. The van der Waals surface area contributed by atoms with Gasteiger partial charge in [-0.2, -0.15) is 0 Å². The summed E-state index contributed by atoms with van der Waals surface area (Å²) in [6, 6.07) is 9.61. The molecule has 0 amide bonds. The van der Waals surface area contributed by atoms with Gasteiger partial charge in [-0.3, -0.25) is 9.59 Å². The summed E-state index contributed by atoms with van der Waals surface area (Å²) in [5.74, 6) is -1.60. The second-order valence-electron chi connectivity index (χ2n) is 6.39. The maximum atomic E-state index is 12.7. The molecule has 1 N–H and O–H groups in total. The highest BCUT2D eigenvalue weighted by Crippen LogP contribution is 2.39. The molecule has 0 bridgehead atoms. The Balaban J connectivity index is 2.17. The molecule has 1 atom stereocenters. The van der Waals surface area contributed by atoms with Crippen LogP contribution in [0.5, 0.6) is 0 Å². The van der Waals surface area contributed by atoms with Crippen molar-refractivity contribution >= 4 is 11.9 Å². The lowest BCUT2D eigenvalue weighted by molar-refractivity contribution is -0.176. The first-order chi connectivity index (χ1) is 11.1. The van der Waals surface area contributed by atoms with Crippen molar-refractivity contribution < 1.29 is 19.4 Å². The lowest BCUT2D eigenvalue weighted by Crippen LogP contribution is -2.42. The van der Waals surface area contributed by atoms with Crippen molar-refractivity contribution in [1.82, 2.24) is 0 Å². The van der Waals surface area contributed by atoms with Crippen molar-refractivity contribution in [2.45, 2.75) is 64.4 Å². The highest BCUT2D eigenvalue weighted by molar-refractivity contribution is 5.99. The number of carboxylic acid groups (broad SMARTS) is 1. The van der Waals surface area contributed by atoms with E-state index >= 15 is 0 Å². The van der Waals surface area contributed by atoms with Crippen molar-refractivity contribution in [3.8, 4) is 0 Å². The van der Waals surface area contributed by atoms with Gasteiger partial charge >= 0.3 is 11.9 Å². The van der Waals surface area contributed by atoms with E-state index in [1.807, 2.05) is 30.3 Å². The van der Waals surface area contributed by atoms with E-state index in [-0.39, 0.29) is 6.10 Å². The monoisotopic (exact) mass is 318 g/mol. The number of carbonyl (C=O) groups excluding carboxylic acids is 1. The number of hydrogen-bond acceptors (Lipinski definition) is 3. The Bertz CT molecular complexity index is 517. The number of carbonyl (C=O) groups is 2. The van der Waals surface area contributed by atoms with E-state index in [1.165, 1.54) is 0 Å². The van der Waals surface area contributed by atoms with Gasteiger partial charge in [0.25, 0.3) is 0 Å². The molecule has 4 heteroatoms. The van der Waals surface area contributed by atoms with Crippen LogP contribution in [0, 0.1) is 5.41 Å². The third kappa shape index (κ3) is 4.12. The second-order valence-corrected chi connectivity index (χ2v) is 6.39. The molecule has 0 spiro atoms. The molecule has 1 aliphatic rings. The quantitative estimate of drug-likeness (QED) is 0.594. The molecule has 2 rings (SSSR count). The molecule has 1 saturated carbocycles. The van der Waals surface area contributed by atoms with Gasteiger partial charge < -0.3 is 9.84 Å². The maximum Gasteiger partial charge on any atom is 0.324 e. The molecular weight excluding hydrogens is 292 g/mol. The van der Waals surface area contributed by atoms with Crippen molar-refractivity contribution in [3.63, 3.8) is 0 Å². The normalized spacial score (nSPS) is 18.1. The van der Waals surface area contributed by atoms with E-state index in [2.05, 4.69) is 6.92 Å². The Kier molecular flexibility index (Phi) is 6.20. The predicted octanol–water partition coefficient (Wildman–Crippen LogP) is 4.50. The van der Waals surface area contributed by atoms with Gasteiger partial charge in [-0.05, 0) is 31.2 Å². The van der Waals surface area contributed by atoms with E-state index in [0.717, 1.165) is 44.1 Å². The van der Waals surface area contributed by atoms with Crippen LogP contribution < -0.4 is 0 Å². The summed E-state index contributed by atoms with van der Waals surface area (Å²) in [6.07, 6.45) is 5.60. The summed E-state index contributed by atoms with van der Waals surface area (Å²) in [7, 11) is 0. The van der Waals surface area contributed by atoms with Crippen LogP contribution in [0.15, 0.2) is 30.3 Å². The summed E-state index contributed by atoms with van der Waals surface area (Å²) in [6.45, 7) is 2.09. The van der Waals surface area contributed by atoms with Gasteiger partial charge in [-0.15, -0.1) is 0 Å². The van der Waals surface area contributed by atoms with Crippen LogP contribution in [0.1, 0.15) is 70.0 Å². The SMILES string of the molecule is CCCCC(OC(=O)C1(C(=O)O)CCCCC1)c1ccccc1. The van der Waals surface area contributed by atoms with Crippen LogP contribution in [0.4, 0.5) is 0 Å². The first-order valence-corrected chi connectivity index (χ1v) is 8.59. The minimum Gasteiger partial charge on any atom is -0.480 e. The maximum absolute atomic E-state index is 12.7. The second kappa shape index (κ2) is 8.14. The highest BCUT2D eigenvalue weighted by atomic mass is 16.5. The van der Waals surface area contributed by atoms with E-state index in [9.17, 15) is 14.7 Å². The molecule has 0 saturated heterocycles. The lowest BCUT2D eigenvalue weighted by atomic mass is 9.74. The zero-order valence-corrected chi connectivity index (χ0v) is 13.8. The van der Waals surface area contributed by atoms with Gasteiger partial charge in [-0.25, -0.2) is 0 Å². The van der Waals surface area contributed by atoms with Gasteiger partial charge in [0, 0.05) is 0 Å². The Morgan fingerprint density at radius 2 is 1.83 bits per heavy atom. The Morgan fingerprint density at radius 1 is 1.17 bits per heavy atom. The lowest BCUT2D eigenvalue weighted by Gasteiger charge is -2.32. The van der Waals surface area contributed by atoms with Gasteiger partial charge in [0.15, 0.2) is 5.41 Å². The molecule has 126 valence electrons. The van der Waals surface area contributed by atoms with Gasteiger partial charge in [0.05, 0.1) is 0 Å². The predicted molar refractivity (Wildman–Crippen MR) is 88.0 cm³/mol. The van der Waals surface area contributed by atoms with Crippen LogP contribution in [0.2, 0.25) is 0 Å². The van der Waals surface area contributed by atoms with E-state index in [1.54, 1.807) is 0 Å². The molecule has 1 unspecified atom stereocenters. The highest BCUT2D eigenvalue weighted by Gasteiger charge is 2.48. The minimum atomic E-state index is -1.35. The first-order valence-electron chi connectivity index (χ1n) is 8.59. The van der Waals surface area contributed by atoms with E-state index in [4.69, 9.17) is 4.74 Å². The molecule has 0 heterocycles. The third-order valence-electron chi connectivity index (χ3n) is 4.75. The zero-order valence-electron chi connectivity index (χ0n) is 13.8. The number of aliphatic carboxylic acids is 1. The number of unbranched alkanes of at least 4 members (excludes halogenated alkanes) is 1. The van der Waals surface area contributed by atoms with Crippen LogP contribution >= 0.6 is 0 Å². The zero-order chi connectivity index (χ0) is 16.7. The topological polar surface area (TPSA) is 63.6 Å². The molecule has 4 nitrogen and oxygen atoms in total. The fourth-order valence-corrected chi connectivity index (χ4v) is 3.25. The van der Waals surface area contributed by atoms with Crippen LogP contribution in [-0.2, 0) is 14.3 Å². The number of hydrogen-bond donors (Lipinski definition) is 1. The van der Waals surface area contributed by atoms with Gasteiger partial charge in [0.1, 0.15) is 6.10 Å². The van der Waals surface area contributed by atoms with E-state index in [0.29, 0.717) is 12.8 Å². The average molecular weight is 318 g/mol. The van der Waals surface area contributed by atoms with Crippen LogP contribution in [0.25, 0.3) is 0 Å². The fourth-order valence-electron chi connectivity index (χ4n) is 3.25. The largest absolute Gasteiger partial charge is 0.480 e. The molecule has 0 aliphatic heterocycles. The Hall–Kier alpha value is -1.84. The summed E-state index contributed by atoms with van der Waals surface area (Å²) in [5, 5.41) is 9.62. The number of rotatable bonds is 7. The van der Waals surface area contributed by atoms with Crippen LogP contribution in [-0.4, -0.2) is 17.0 Å². The van der Waals surface area contributed by atoms with Gasteiger partial charge in [-0.1, -0.05) is 62.9 Å². The van der Waals surface area contributed by atoms with Crippen molar-refractivity contribution in [3.05, 3.63) is 35.9 Å². The summed E-state index contributed by atoms with van der Waals surface area (Å²) in [5.41, 5.74) is -0.414. The summed E-state index contributed by atoms with van der Waals surface area (Å²) in [4.78, 5) is 24.5. The molecule has 0 aromatic heterocycles. The summed E-state index contributed by atoms with van der Waals surface area (Å²) >= 11 is 0. The smallest absolute Gasteiger partial charge is 0.324 e. The van der Waals surface area contributed by atoms with Gasteiger partial charge in [0.2, 0.25) is 0 Å². The summed E-state index contributed by atoms with van der Waals surface area (Å²) < 4.78 is 5.72. The van der Waals surface area contributed by atoms with Crippen molar-refractivity contribution in [2.75, 3.05) is 0 Å². The van der Waals surface area contributed by atoms with Crippen molar-refractivity contribution in [1.29, 1.82) is 0 Å². The number of esters is 1. The average Bonchev–Trinajstić information content (AvgIpc) is 2.59.